The van der Waals surface area contributed by atoms with E-state index in [1.165, 1.54) is 10.6 Å². The Kier molecular flexibility index (Phi) is 3.95. The van der Waals surface area contributed by atoms with Gasteiger partial charge in [0.25, 0.3) is 0 Å². The zero-order chi connectivity index (χ0) is 12.6. The van der Waals surface area contributed by atoms with Gasteiger partial charge in [0.2, 0.25) is 10.0 Å². The minimum atomic E-state index is -3.21. The lowest BCUT2D eigenvalue weighted by molar-refractivity contribution is 0.439. The van der Waals surface area contributed by atoms with Gasteiger partial charge in [-0.1, -0.05) is 29.3 Å². The lowest BCUT2D eigenvalue weighted by Gasteiger charge is -2.22. The molecule has 0 amide bonds. The van der Waals surface area contributed by atoms with Gasteiger partial charge < -0.3 is 0 Å². The van der Waals surface area contributed by atoms with Crippen LogP contribution in [0.25, 0.3) is 0 Å². The van der Waals surface area contributed by atoms with Gasteiger partial charge in [-0.15, -0.1) is 11.8 Å². The summed E-state index contributed by atoms with van der Waals surface area (Å²) in [6, 6.07) is 5.14. The third-order valence-corrected chi connectivity index (χ3v) is 5.69. The fourth-order valence-electron chi connectivity index (χ4n) is 1.74. The van der Waals surface area contributed by atoms with E-state index in [1.807, 2.05) is 0 Å². The summed E-state index contributed by atoms with van der Waals surface area (Å²) in [4.78, 5) is 0. The van der Waals surface area contributed by atoms with E-state index in [9.17, 15) is 8.42 Å². The Morgan fingerprint density at radius 2 is 2.12 bits per heavy atom. The standard InChI is InChI=1S/C10H11Cl2NO2S2/c1-17(14,15)13-4-5-16-10(13)8-3-2-7(11)6-9(8)12/h2-3,6,10H,4-5H2,1H3/t10-/m0/s1. The molecule has 0 aliphatic carbocycles. The Labute approximate surface area is 115 Å². The molecule has 0 bridgehead atoms. The van der Waals surface area contributed by atoms with Crippen LogP contribution < -0.4 is 0 Å². The molecule has 17 heavy (non-hydrogen) atoms. The molecule has 1 aliphatic rings. The number of thioether (sulfide) groups is 1. The van der Waals surface area contributed by atoms with Crippen LogP contribution in [0, 0.1) is 0 Å². The van der Waals surface area contributed by atoms with Crippen LogP contribution >= 0.6 is 35.0 Å². The first-order valence-corrected chi connectivity index (χ1v) is 8.58. The fourth-order valence-corrected chi connectivity index (χ4v) is 5.15. The lowest BCUT2D eigenvalue weighted by atomic mass is 10.2. The van der Waals surface area contributed by atoms with Crippen LogP contribution in [-0.4, -0.2) is 31.3 Å². The van der Waals surface area contributed by atoms with E-state index >= 15 is 0 Å². The van der Waals surface area contributed by atoms with Gasteiger partial charge in [-0.3, -0.25) is 0 Å². The van der Waals surface area contributed by atoms with Gasteiger partial charge in [-0.25, -0.2) is 8.42 Å². The van der Waals surface area contributed by atoms with Crippen molar-refractivity contribution in [1.29, 1.82) is 0 Å². The van der Waals surface area contributed by atoms with Gasteiger partial charge in [-0.2, -0.15) is 4.31 Å². The van der Waals surface area contributed by atoms with Gasteiger partial charge in [0.05, 0.1) is 11.6 Å². The smallest absolute Gasteiger partial charge is 0.212 e. The maximum atomic E-state index is 11.6. The number of benzene rings is 1. The first-order chi connectivity index (χ1) is 7.89. The van der Waals surface area contributed by atoms with Crippen molar-refractivity contribution in [2.45, 2.75) is 5.37 Å². The third-order valence-electron chi connectivity index (χ3n) is 2.50. The SMILES string of the molecule is CS(=O)(=O)N1CCS[C@H]1c1ccc(Cl)cc1Cl. The van der Waals surface area contributed by atoms with Crippen molar-refractivity contribution in [3.8, 4) is 0 Å². The van der Waals surface area contributed by atoms with E-state index < -0.39 is 10.0 Å². The van der Waals surface area contributed by atoms with Crippen molar-refractivity contribution in [2.24, 2.45) is 0 Å². The highest BCUT2D eigenvalue weighted by atomic mass is 35.5. The van der Waals surface area contributed by atoms with Crippen molar-refractivity contribution in [2.75, 3.05) is 18.6 Å². The molecule has 0 spiro atoms. The molecule has 3 nitrogen and oxygen atoms in total. The molecule has 1 aromatic carbocycles. The van der Waals surface area contributed by atoms with E-state index in [0.29, 0.717) is 16.6 Å². The number of halogens is 2. The van der Waals surface area contributed by atoms with Gasteiger partial charge >= 0.3 is 0 Å². The zero-order valence-corrected chi connectivity index (χ0v) is 12.2. The maximum absolute atomic E-state index is 11.6. The molecule has 1 heterocycles. The Hall–Kier alpha value is 0.0600. The van der Waals surface area contributed by atoms with Crippen LogP contribution in [-0.2, 0) is 10.0 Å². The highest BCUT2D eigenvalue weighted by Gasteiger charge is 2.34. The molecule has 2 rings (SSSR count). The minimum Gasteiger partial charge on any atom is -0.212 e. The van der Waals surface area contributed by atoms with Crippen LogP contribution in [0.2, 0.25) is 10.0 Å². The normalized spacial score (nSPS) is 21.9. The van der Waals surface area contributed by atoms with E-state index in [4.69, 9.17) is 23.2 Å². The second-order valence-corrected chi connectivity index (χ2v) is 7.73. The molecule has 94 valence electrons. The van der Waals surface area contributed by atoms with Gasteiger partial charge in [0, 0.05) is 22.3 Å². The maximum Gasteiger partial charge on any atom is 0.212 e. The molecule has 0 unspecified atom stereocenters. The molecule has 0 saturated carbocycles. The van der Waals surface area contributed by atoms with Crippen molar-refractivity contribution >= 4 is 45.0 Å². The summed E-state index contributed by atoms with van der Waals surface area (Å²) >= 11 is 13.5. The van der Waals surface area contributed by atoms with E-state index in [2.05, 4.69) is 0 Å². The first-order valence-electron chi connectivity index (χ1n) is 4.93. The molecule has 1 saturated heterocycles. The Morgan fingerprint density at radius 3 is 2.71 bits per heavy atom. The zero-order valence-electron chi connectivity index (χ0n) is 9.06. The monoisotopic (exact) mass is 311 g/mol. The van der Waals surface area contributed by atoms with Crippen molar-refractivity contribution in [3.63, 3.8) is 0 Å². The Balaban J connectivity index is 2.39. The molecule has 0 N–H and O–H groups in total. The quantitative estimate of drug-likeness (QED) is 0.842. The minimum absolute atomic E-state index is 0.241. The summed E-state index contributed by atoms with van der Waals surface area (Å²) in [5, 5.41) is 0.813. The highest BCUT2D eigenvalue weighted by Crippen LogP contribution is 2.42. The molecular formula is C10H11Cl2NO2S2. The van der Waals surface area contributed by atoms with Crippen LogP contribution in [0.3, 0.4) is 0 Å². The van der Waals surface area contributed by atoms with E-state index in [0.717, 1.165) is 11.3 Å². The molecule has 0 aromatic heterocycles. The fraction of sp³-hybridized carbons (Fsp3) is 0.400. The van der Waals surface area contributed by atoms with Gasteiger partial charge in [0.1, 0.15) is 0 Å². The molecule has 1 aromatic rings. The molecular weight excluding hydrogens is 301 g/mol. The van der Waals surface area contributed by atoms with Crippen LogP contribution in [0.4, 0.5) is 0 Å². The summed E-state index contributed by atoms with van der Waals surface area (Å²) in [5.74, 6) is 0.774. The van der Waals surface area contributed by atoms with Crippen LogP contribution in [0.15, 0.2) is 18.2 Å². The van der Waals surface area contributed by atoms with Crippen LogP contribution in [0.1, 0.15) is 10.9 Å². The predicted molar refractivity (Wildman–Crippen MR) is 73.2 cm³/mol. The first kappa shape index (κ1) is 13.5. The summed E-state index contributed by atoms with van der Waals surface area (Å²) < 4.78 is 24.7. The average Bonchev–Trinajstić information content (AvgIpc) is 2.65. The molecule has 0 radical (unpaired) electrons. The van der Waals surface area contributed by atoms with Gasteiger partial charge in [-0.05, 0) is 17.7 Å². The molecule has 1 atom stereocenters. The average molecular weight is 312 g/mol. The van der Waals surface area contributed by atoms with Crippen LogP contribution in [0.5, 0.6) is 0 Å². The summed E-state index contributed by atoms with van der Waals surface area (Å²) in [7, 11) is -3.21. The Morgan fingerprint density at radius 1 is 1.41 bits per heavy atom. The van der Waals surface area contributed by atoms with E-state index in [1.54, 1.807) is 30.0 Å². The van der Waals surface area contributed by atoms with Crippen molar-refractivity contribution < 1.29 is 8.42 Å². The molecule has 7 heteroatoms. The topological polar surface area (TPSA) is 37.4 Å². The molecule has 1 fully saturated rings. The summed E-state index contributed by atoms with van der Waals surface area (Å²) in [6.07, 6.45) is 1.22. The second-order valence-electron chi connectivity index (χ2n) is 3.76. The van der Waals surface area contributed by atoms with Gasteiger partial charge in [0.15, 0.2) is 0 Å². The third kappa shape index (κ3) is 2.90. The predicted octanol–water partition coefficient (Wildman–Crippen LogP) is 3.00. The largest absolute Gasteiger partial charge is 0.212 e. The second kappa shape index (κ2) is 4.97. The van der Waals surface area contributed by atoms with Crippen molar-refractivity contribution in [3.05, 3.63) is 33.8 Å². The Bertz CT molecular complexity index is 533. The lowest BCUT2D eigenvalue weighted by Crippen LogP contribution is -2.29. The highest BCUT2D eigenvalue weighted by molar-refractivity contribution is 8.00. The number of hydrogen-bond donors (Lipinski definition) is 0. The van der Waals surface area contributed by atoms with E-state index in [-0.39, 0.29) is 5.37 Å². The number of nitrogens with zero attached hydrogens (tertiary/aromatic N) is 1. The summed E-state index contributed by atoms with van der Waals surface area (Å²) in [6.45, 7) is 0.521. The summed E-state index contributed by atoms with van der Waals surface area (Å²) in [5.41, 5.74) is 0.795. The molecule has 1 aliphatic heterocycles. The number of hydrogen-bond acceptors (Lipinski definition) is 3. The van der Waals surface area contributed by atoms with Crippen molar-refractivity contribution in [1.82, 2.24) is 4.31 Å². The number of sulfonamides is 1. The number of rotatable bonds is 2.